The van der Waals surface area contributed by atoms with Gasteiger partial charge in [-0.3, -0.25) is 4.79 Å². The summed E-state index contributed by atoms with van der Waals surface area (Å²) in [4.78, 5) is 16.5. The maximum atomic E-state index is 12.2. The summed E-state index contributed by atoms with van der Waals surface area (Å²) >= 11 is 3.33. The van der Waals surface area contributed by atoms with Gasteiger partial charge in [0.25, 0.3) is 0 Å². The van der Waals surface area contributed by atoms with Crippen molar-refractivity contribution in [3.05, 3.63) is 46.5 Å². The minimum atomic E-state index is 0.0456. The fourth-order valence-corrected chi connectivity index (χ4v) is 2.28. The molecule has 1 heterocycles. The van der Waals surface area contributed by atoms with E-state index >= 15 is 0 Å². The summed E-state index contributed by atoms with van der Waals surface area (Å²) in [6.07, 6.45) is 4.97. The normalized spacial score (nSPS) is 10.6. The Balaban J connectivity index is 2.16. The van der Waals surface area contributed by atoms with Crippen molar-refractivity contribution in [2.24, 2.45) is 0 Å². The van der Waals surface area contributed by atoms with E-state index < -0.39 is 0 Å². The number of halogens is 1. The molecule has 0 bridgehead atoms. The second-order valence-corrected chi connectivity index (χ2v) is 5.23. The number of benzene rings is 1. The number of aromatic nitrogens is 2. The van der Waals surface area contributed by atoms with Crippen molar-refractivity contribution in [2.45, 2.75) is 26.3 Å². The van der Waals surface area contributed by atoms with Gasteiger partial charge in [0.05, 0.1) is 6.42 Å². The van der Waals surface area contributed by atoms with Crippen LogP contribution in [-0.4, -0.2) is 15.3 Å². The van der Waals surface area contributed by atoms with Gasteiger partial charge in [-0.2, -0.15) is 0 Å². The van der Waals surface area contributed by atoms with Gasteiger partial charge < -0.3 is 10.3 Å². The molecule has 0 saturated carbocycles. The SMILES string of the molecule is CCCn1ccnc1CC(=O)c1ccc(N)c(Br)c1. The van der Waals surface area contributed by atoms with E-state index in [1.807, 2.05) is 10.8 Å². The number of hydrogen-bond acceptors (Lipinski definition) is 3. The summed E-state index contributed by atoms with van der Waals surface area (Å²) in [7, 11) is 0. The Morgan fingerprint density at radius 3 is 2.95 bits per heavy atom. The third-order valence-electron chi connectivity index (χ3n) is 2.91. The molecule has 0 radical (unpaired) electrons. The van der Waals surface area contributed by atoms with E-state index in [1.54, 1.807) is 24.4 Å². The van der Waals surface area contributed by atoms with Crippen LogP contribution >= 0.6 is 15.9 Å². The van der Waals surface area contributed by atoms with Crippen LogP contribution in [0.25, 0.3) is 0 Å². The van der Waals surface area contributed by atoms with Crippen molar-refractivity contribution in [1.82, 2.24) is 9.55 Å². The van der Waals surface area contributed by atoms with Gasteiger partial charge in [-0.05, 0) is 40.5 Å². The molecule has 0 spiro atoms. The average molecular weight is 322 g/mol. The van der Waals surface area contributed by atoms with Crippen molar-refractivity contribution in [2.75, 3.05) is 5.73 Å². The van der Waals surface area contributed by atoms with E-state index in [2.05, 4.69) is 27.8 Å². The number of rotatable bonds is 5. The van der Waals surface area contributed by atoms with Crippen LogP contribution in [0.3, 0.4) is 0 Å². The van der Waals surface area contributed by atoms with Gasteiger partial charge in [0.15, 0.2) is 5.78 Å². The first-order chi connectivity index (χ1) is 9.11. The summed E-state index contributed by atoms with van der Waals surface area (Å²) in [5.74, 6) is 0.851. The molecule has 0 aliphatic heterocycles. The predicted octanol–water partition coefficient (Wildman–Crippen LogP) is 3.06. The van der Waals surface area contributed by atoms with Crippen LogP contribution in [0.2, 0.25) is 0 Å². The summed E-state index contributed by atoms with van der Waals surface area (Å²) < 4.78 is 2.76. The quantitative estimate of drug-likeness (QED) is 0.680. The van der Waals surface area contributed by atoms with Gasteiger partial charge in [0.2, 0.25) is 0 Å². The highest BCUT2D eigenvalue weighted by Crippen LogP contribution is 2.21. The van der Waals surface area contributed by atoms with Crippen molar-refractivity contribution in [3.63, 3.8) is 0 Å². The third-order valence-corrected chi connectivity index (χ3v) is 3.59. The second-order valence-electron chi connectivity index (χ2n) is 4.37. The number of nitrogens with zero attached hydrogens (tertiary/aromatic N) is 2. The molecule has 0 aliphatic rings. The highest BCUT2D eigenvalue weighted by atomic mass is 79.9. The standard InChI is InChI=1S/C14H16BrN3O/c1-2-6-18-7-5-17-14(18)9-13(19)10-3-4-12(16)11(15)8-10/h3-5,7-8H,2,6,9,16H2,1H3. The van der Waals surface area contributed by atoms with Gasteiger partial charge in [0.1, 0.15) is 5.82 Å². The maximum absolute atomic E-state index is 12.2. The smallest absolute Gasteiger partial charge is 0.170 e. The average Bonchev–Trinajstić information content (AvgIpc) is 2.80. The third kappa shape index (κ3) is 3.23. The molecule has 0 unspecified atom stereocenters. The Bertz CT molecular complexity index is 592. The second kappa shape index (κ2) is 6.02. The molecule has 19 heavy (non-hydrogen) atoms. The van der Waals surface area contributed by atoms with Gasteiger partial charge in [0, 0.05) is 34.7 Å². The summed E-state index contributed by atoms with van der Waals surface area (Å²) in [5, 5.41) is 0. The Kier molecular flexibility index (Phi) is 4.37. The van der Waals surface area contributed by atoms with E-state index in [-0.39, 0.29) is 5.78 Å². The van der Waals surface area contributed by atoms with Crippen molar-refractivity contribution in [1.29, 1.82) is 0 Å². The topological polar surface area (TPSA) is 60.9 Å². The van der Waals surface area contributed by atoms with Crippen LogP contribution in [0.1, 0.15) is 29.5 Å². The lowest BCUT2D eigenvalue weighted by Crippen LogP contribution is -2.10. The molecule has 2 aromatic rings. The van der Waals surface area contributed by atoms with Gasteiger partial charge >= 0.3 is 0 Å². The zero-order chi connectivity index (χ0) is 13.8. The number of imidazole rings is 1. The fourth-order valence-electron chi connectivity index (χ4n) is 1.90. The van der Waals surface area contributed by atoms with Crippen LogP contribution in [-0.2, 0) is 13.0 Å². The minimum Gasteiger partial charge on any atom is -0.398 e. The molecule has 0 amide bonds. The first kappa shape index (κ1) is 13.8. The number of nitrogens with two attached hydrogens (primary N) is 1. The molecule has 2 N–H and O–H groups in total. The summed E-state index contributed by atoms with van der Waals surface area (Å²) in [6, 6.07) is 5.23. The zero-order valence-corrected chi connectivity index (χ0v) is 12.4. The Morgan fingerprint density at radius 1 is 1.47 bits per heavy atom. The molecule has 4 nitrogen and oxygen atoms in total. The van der Waals surface area contributed by atoms with E-state index in [4.69, 9.17) is 5.73 Å². The van der Waals surface area contributed by atoms with Crippen molar-refractivity contribution >= 4 is 27.4 Å². The molecule has 1 aromatic heterocycles. The lowest BCUT2D eigenvalue weighted by atomic mass is 10.1. The monoisotopic (exact) mass is 321 g/mol. The summed E-state index contributed by atoms with van der Waals surface area (Å²) in [5.41, 5.74) is 6.99. The van der Waals surface area contributed by atoms with Gasteiger partial charge in [-0.1, -0.05) is 6.92 Å². The highest BCUT2D eigenvalue weighted by molar-refractivity contribution is 9.10. The number of carbonyl (C=O) groups excluding carboxylic acids is 1. The largest absolute Gasteiger partial charge is 0.398 e. The fraction of sp³-hybridized carbons (Fsp3) is 0.286. The molecule has 1 aromatic carbocycles. The van der Waals surface area contributed by atoms with E-state index in [1.165, 1.54) is 0 Å². The molecular weight excluding hydrogens is 306 g/mol. The Labute approximate surface area is 120 Å². The molecule has 2 rings (SSSR count). The number of nitrogen functional groups attached to an aromatic ring is 1. The molecule has 0 saturated heterocycles. The number of hydrogen-bond donors (Lipinski definition) is 1. The van der Waals surface area contributed by atoms with Crippen molar-refractivity contribution < 1.29 is 4.79 Å². The molecule has 0 fully saturated rings. The Hall–Kier alpha value is -1.62. The van der Waals surface area contributed by atoms with Crippen LogP contribution in [0.5, 0.6) is 0 Å². The minimum absolute atomic E-state index is 0.0456. The first-order valence-electron chi connectivity index (χ1n) is 6.20. The lowest BCUT2D eigenvalue weighted by Gasteiger charge is -2.06. The van der Waals surface area contributed by atoms with Crippen LogP contribution < -0.4 is 5.73 Å². The number of ketones is 1. The highest BCUT2D eigenvalue weighted by Gasteiger charge is 2.12. The Morgan fingerprint density at radius 2 is 2.26 bits per heavy atom. The summed E-state index contributed by atoms with van der Waals surface area (Å²) in [6.45, 7) is 2.98. The number of anilines is 1. The molecular formula is C14H16BrN3O. The lowest BCUT2D eigenvalue weighted by molar-refractivity contribution is 0.0989. The van der Waals surface area contributed by atoms with Gasteiger partial charge in [-0.25, -0.2) is 4.98 Å². The molecule has 0 atom stereocenters. The number of carbonyl (C=O) groups is 1. The maximum Gasteiger partial charge on any atom is 0.170 e. The van der Waals surface area contributed by atoms with Crippen LogP contribution in [0.15, 0.2) is 35.1 Å². The molecule has 0 aliphatic carbocycles. The van der Waals surface area contributed by atoms with E-state index in [0.29, 0.717) is 17.7 Å². The van der Waals surface area contributed by atoms with E-state index in [9.17, 15) is 4.79 Å². The van der Waals surface area contributed by atoms with E-state index in [0.717, 1.165) is 23.3 Å². The number of aryl methyl sites for hydroxylation is 1. The van der Waals surface area contributed by atoms with Crippen molar-refractivity contribution in [3.8, 4) is 0 Å². The van der Waals surface area contributed by atoms with Gasteiger partial charge in [-0.15, -0.1) is 0 Å². The predicted molar refractivity (Wildman–Crippen MR) is 79.1 cm³/mol. The molecule has 5 heteroatoms. The van der Waals surface area contributed by atoms with Crippen LogP contribution in [0, 0.1) is 0 Å². The molecule has 100 valence electrons. The first-order valence-corrected chi connectivity index (χ1v) is 6.99. The zero-order valence-electron chi connectivity index (χ0n) is 10.8. The number of Topliss-reactive ketones (excluding diaryl/α,β-unsaturated/α-hetero) is 1. The van der Waals surface area contributed by atoms with Crippen LogP contribution in [0.4, 0.5) is 5.69 Å².